The number of nitrogens with one attached hydrogen (secondary N) is 1. The van der Waals surface area contributed by atoms with Gasteiger partial charge in [0.25, 0.3) is 0 Å². The summed E-state index contributed by atoms with van der Waals surface area (Å²) in [5.74, 6) is 0.0739. The normalized spacial score (nSPS) is 18.3. The number of amidine groups is 1. The maximum atomic E-state index is 12.3. The Morgan fingerprint density at radius 3 is 2.74 bits per heavy atom. The molecule has 4 N–H and O–H groups in total. The van der Waals surface area contributed by atoms with E-state index in [0.29, 0.717) is 11.3 Å². The van der Waals surface area contributed by atoms with E-state index in [0.717, 1.165) is 25.7 Å². The number of nitrogens with two attached hydrogens (primary N) is 1. The van der Waals surface area contributed by atoms with Crippen LogP contribution in [0.1, 0.15) is 38.2 Å². The molecule has 1 aliphatic rings. The highest BCUT2D eigenvalue weighted by Gasteiger charge is 2.36. The van der Waals surface area contributed by atoms with E-state index in [1.165, 1.54) is 0 Å². The Morgan fingerprint density at radius 2 is 2.11 bits per heavy atom. The molecular weight excluding hydrogens is 242 g/mol. The number of carbonyl (C=O) groups excluding carboxylic acids is 1. The number of nitrogens with zero attached hydrogens (tertiary/aromatic N) is 1. The van der Waals surface area contributed by atoms with Crippen LogP contribution in [0.15, 0.2) is 29.4 Å². The first-order valence-electron chi connectivity index (χ1n) is 6.44. The van der Waals surface area contributed by atoms with Gasteiger partial charge in [-0.3, -0.25) is 4.79 Å². The molecule has 19 heavy (non-hydrogen) atoms. The van der Waals surface area contributed by atoms with Gasteiger partial charge in [0.05, 0.1) is 0 Å². The van der Waals surface area contributed by atoms with Crippen molar-refractivity contribution in [1.82, 2.24) is 0 Å². The Hall–Kier alpha value is -2.04. The maximum absolute atomic E-state index is 12.3. The van der Waals surface area contributed by atoms with Crippen molar-refractivity contribution in [3.63, 3.8) is 0 Å². The summed E-state index contributed by atoms with van der Waals surface area (Å²) in [7, 11) is 0. The molecule has 1 amide bonds. The molecule has 1 aliphatic carbocycles. The molecule has 0 saturated heterocycles. The van der Waals surface area contributed by atoms with E-state index in [4.69, 9.17) is 10.9 Å². The smallest absolute Gasteiger partial charge is 0.230 e. The number of carbonyl (C=O) groups is 1. The summed E-state index contributed by atoms with van der Waals surface area (Å²) in [5.41, 5.74) is 6.51. The summed E-state index contributed by atoms with van der Waals surface area (Å²) >= 11 is 0. The van der Waals surface area contributed by atoms with Crippen LogP contribution in [0, 0.1) is 5.41 Å². The molecule has 5 heteroatoms. The van der Waals surface area contributed by atoms with Crippen LogP contribution in [-0.4, -0.2) is 17.0 Å². The van der Waals surface area contributed by atoms with Crippen LogP contribution in [0.25, 0.3) is 0 Å². The Bertz CT molecular complexity index is 505. The summed E-state index contributed by atoms with van der Waals surface area (Å²) in [5, 5.41) is 14.5. The minimum absolute atomic E-state index is 0.0307. The lowest BCUT2D eigenvalue weighted by Gasteiger charge is -2.22. The Balaban J connectivity index is 2.13. The summed E-state index contributed by atoms with van der Waals surface area (Å²) in [6, 6.07) is 6.98. The highest BCUT2D eigenvalue weighted by molar-refractivity contribution is 6.00. The van der Waals surface area contributed by atoms with E-state index < -0.39 is 0 Å². The van der Waals surface area contributed by atoms with Crippen molar-refractivity contribution in [3.05, 3.63) is 29.8 Å². The highest BCUT2D eigenvalue weighted by Crippen LogP contribution is 2.38. The molecular formula is C14H19N3O2. The molecule has 1 fully saturated rings. The standard InChI is InChI=1S/C14H19N3O2/c1-14(7-2-3-8-14)13(18)16-11-6-4-5-10(9-11)12(15)17-19/h4-6,9,19H,2-3,7-8H2,1H3,(H2,15,17)(H,16,18). The SMILES string of the molecule is CC1(C(=O)Nc2cccc(C(N)=NO)c2)CCCC1. The van der Waals surface area contributed by atoms with Crippen LogP contribution in [0.4, 0.5) is 5.69 Å². The zero-order chi connectivity index (χ0) is 13.9. The van der Waals surface area contributed by atoms with Gasteiger partial charge >= 0.3 is 0 Å². The first kappa shape index (κ1) is 13.4. The van der Waals surface area contributed by atoms with Crippen molar-refractivity contribution < 1.29 is 10.0 Å². The van der Waals surface area contributed by atoms with Crippen LogP contribution in [0.5, 0.6) is 0 Å². The summed E-state index contributed by atoms with van der Waals surface area (Å²) in [4.78, 5) is 12.3. The molecule has 0 bridgehead atoms. The quantitative estimate of drug-likeness (QED) is 0.337. The lowest BCUT2D eigenvalue weighted by Crippen LogP contribution is -2.30. The van der Waals surface area contributed by atoms with Gasteiger partial charge in [-0.15, -0.1) is 0 Å². The second-order valence-corrected chi connectivity index (χ2v) is 5.29. The van der Waals surface area contributed by atoms with Gasteiger partial charge in [0.2, 0.25) is 5.91 Å². The van der Waals surface area contributed by atoms with Gasteiger partial charge in [0, 0.05) is 16.7 Å². The van der Waals surface area contributed by atoms with E-state index in [1.54, 1.807) is 24.3 Å². The highest BCUT2D eigenvalue weighted by atomic mass is 16.4. The molecule has 0 heterocycles. The summed E-state index contributed by atoms with van der Waals surface area (Å²) in [6.45, 7) is 2.00. The van der Waals surface area contributed by atoms with Gasteiger partial charge in [-0.2, -0.15) is 0 Å². The number of oxime groups is 1. The molecule has 0 aliphatic heterocycles. The largest absolute Gasteiger partial charge is 0.409 e. The van der Waals surface area contributed by atoms with Crippen molar-refractivity contribution in [1.29, 1.82) is 0 Å². The van der Waals surface area contributed by atoms with Crippen LogP contribution >= 0.6 is 0 Å². The molecule has 1 aromatic carbocycles. The molecule has 0 spiro atoms. The third-order valence-electron chi connectivity index (χ3n) is 3.78. The van der Waals surface area contributed by atoms with Crippen molar-refractivity contribution in [2.45, 2.75) is 32.6 Å². The zero-order valence-electron chi connectivity index (χ0n) is 11.0. The lowest BCUT2D eigenvalue weighted by molar-refractivity contribution is -0.124. The van der Waals surface area contributed by atoms with Gasteiger partial charge in [-0.1, -0.05) is 37.1 Å². The Morgan fingerprint density at radius 1 is 1.42 bits per heavy atom. The Labute approximate surface area is 112 Å². The van der Waals surface area contributed by atoms with Crippen LogP contribution in [0.3, 0.4) is 0 Å². The number of benzene rings is 1. The third-order valence-corrected chi connectivity index (χ3v) is 3.78. The molecule has 5 nitrogen and oxygen atoms in total. The molecule has 0 radical (unpaired) electrons. The fraction of sp³-hybridized carbons (Fsp3) is 0.429. The van der Waals surface area contributed by atoms with Gasteiger partial charge in [0.15, 0.2) is 5.84 Å². The van der Waals surface area contributed by atoms with E-state index in [1.807, 2.05) is 6.92 Å². The van der Waals surface area contributed by atoms with E-state index >= 15 is 0 Å². The number of hydrogen-bond acceptors (Lipinski definition) is 3. The van der Waals surface area contributed by atoms with E-state index in [-0.39, 0.29) is 17.2 Å². The first-order chi connectivity index (χ1) is 9.05. The molecule has 102 valence electrons. The van der Waals surface area contributed by atoms with E-state index in [2.05, 4.69) is 10.5 Å². The minimum Gasteiger partial charge on any atom is -0.409 e. The summed E-state index contributed by atoms with van der Waals surface area (Å²) < 4.78 is 0. The van der Waals surface area contributed by atoms with Crippen LogP contribution in [-0.2, 0) is 4.79 Å². The average Bonchev–Trinajstić information content (AvgIpc) is 2.86. The predicted molar refractivity (Wildman–Crippen MR) is 74.2 cm³/mol. The van der Waals surface area contributed by atoms with Crippen molar-refractivity contribution in [2.75, 3.05) is 5.32 Å². The van der Waals surface area contributed by atoms with E-state index in [9.17, 15) is 4.79 Å². The van der Waals surface area contributed by atoms with Crippen molar-refractivity contribution in [2.24, 2.45) is 16.3 Å². The number of rotatable bonds is 3. The van der Waals surface area contributed by atoms with Gasteiger partial charge in [-0.25, -0.2) is 0 Å². The second-order valence-electron chi connectivity index (χ2n) is 5.29. The molecule has 0 atom stereocenters. The number of hydrogen-bond donors (Lipinski definition) is 3. The topological polar surface area (TPSA) is 87.7 Å². The van der Waals surface area contributed by atoms with Crippen molar-refractivity contribution >= 4 is 17.4 Å². The molecule has 2 rings (SSSR count). The first-order valence-corrected chi connectivity index (χ1v) is 6.44. The van der Waals surface area contributed by atoms with Gasteiger partial charge in [0.1, 0.15) is 0 Å². The molecule has 0 aromatic heterocycles. The van der Waals surface area contributed by atoms with Gasteiger partial charge in [-0.05, 0) is 25.0 Å². The van der Waals surface area contributed by atoms with Crippen LogP contribution < -0.4 is 11.1 Å². The minimum atomic E-state index is -0.271. The fourth-order valence-corrected chi connectivity index (χ4v) is 2.48. The monoisotopic (exact) mass is 261 g/mol. The average molecular weight is 261 g/mol. The second kappa shape index (κ2) is 5.30. The van der Waals surface area contributed by atoms with Crippen LogP contribution in [0.2, 0.25) is 0 Å². The lowest BCUT2D eigenvalue weighted by atomic mass is 9.88. The summed E-state index contributed by atoms with van der Waals surface area (Å²) in [6.07, 6.45) is 4.07. The van der Waals surface area contributed by atoms with Crippen molar-refractivity contribution in [3.8, 4) is 0 Å². The predicted octanol–water partition coefficient (Wildman–Crippen LogP) is 2.30. The Kier molecular flexibility index (Phi) is 3.74. The zero-order valence-corrected chi connectivity index (χ0v) is 11.0. The molecule has 1 saturated carbocycles. The third kappa shape index (κ3) is 2.86. The number of amides is 1. The molecule has 1 aromatic rings. The fourth-order valence-electron chi connectivity index (χ4n) is 2.48. The number of anilines is 1. The maximum Gasteiger partial charge on any atom is 0.230 e. The van der Waals surface area contributed by atoms with Gasteiger partial charge < -0.3 is 16.3 Å². The molecule has 0 unspecified atom stereocenters.